The molecule has 0 fully saturated rings. The smallest absolute Gasteiger partial charge is 0.500 e. The first-order chi connectivity index (χ1) is 19.6. The van der Waals surface area contributed by atoms with Crippen LogP contribution in [0.5, 0.6) is 0 Å². The van der Waals surface area contributed by atoms with Crippen LogP contribution >= 0.6 is 0 Å². The van der Waals surface area contributed by atoms with Crippen molar-refractivity contribution < 1.29 is 18.6 Å². The van der Waals surface area contributed by atoms with Gasteiger partial charge < -0.3 is 12.5 Å². The molecule has 47 heavy (non-hydrogen) atoms. The van der Waals surface area contributed by atoms with Crippen molar-refractivity contribution in [2.45, 2.75) is 208 Å². The summed E-state index contributed by atoms with van der Waals surface area (Å²) in [5.74, 6) is 7.15. The van der Waals surface area contributed by atoms with Gasteiger partial charge in [0.05, 0.1) is 0 Å². The van der Waals surface area contributed by atoms with Crippen LogP contribution in [0.25, 0.3) is 0 Å². The summed E-state index contributed by atoms with van der Waals surface area (Å²) in [5.41, 5.74) is 6.71. The third-order valence-electron chi connectivity index (χ3n) is 10.1. The molecule has 0 N–H and O–H groups in total. The van der Waals surface area contributed by atoms with Gasteiger partial charge in [-0.25, -0.2) is 0 Å². The molecule has 1 radical (unpaired) electrons. The van der Waals surface area contributed by atoms with E-state index in [9.17, 15) is 0 Å². The Bertz CT molecular complexity index is 883. The summed E-state index contributed by atoms with van der Waals surface area (Å²) in [6.45, 7) is 66.8. The van der Waals surface area contributed by atoms with Crippen molar-refractivity contribution in [1.82, 2.24) is 0 Å². The predicted octanol–water partition coefficient (Wildman–Crippen LogP) is 16.3. The van der Waals surface area contributed by atoms with Crippen molar-refractivity contribution in [3.63, 3.8) is 0 Å². The van der Waals surface area contributed by atoms with E-state index >= 15 is 0 Å². The van der Waals surface area contributed by atoms with E-state index in [1.54, 1.807) is 0 Å². The molecule has 0 aliphatic heterocycles. The van der Waals surface area contributed by atoms with Gasteiger partial charge in [-0.15, -0.1) is 0 Å². The summed E-state index contributed by atoms with van der Waals surface area (Å²) in [4.78, 5) is 0. The monoisotopic (exact) mass is 696 g/mol. The summed E-state index contributed by atoms with van der Waals surface area (Å²) in [7, 11) is 0. The van der Waals surface area contributed by atoms with Gasteiger partial charge in [0.1, 0.15) is 0 Å². The summed E-state index contributed by atoms with van der Waals surface area (Å²) in [6.07, 6.45) is 5.12. The Hall–Kier alpha value is -0.376. The molecule has 0 saturated carbocycles. The van der Waals surface area contributed by atoms with Crippen molar-refractivity contribution in [3.05, 3.63) is 29.2 Å². The molecular weight excluding hydrogens is 603 g/mol. The molecule has 0 unspecified atom stereocenters. The summed E-state index contributed by atoms with van der Waals surface area (Å²) >= 11 is 0. The van der Waals surface area contributed by atoms with Crippen molar-refractivity contribution in [2.24, 2.45) is 49.2 Å². The molecule has 0 aliphatic carbocycles. The molecule has 1 heteroatoms. The van der Waals surface area contributed by atoms with Gasteiger partial charge in [-0.3, -0.25) is 5.57 Å². The SMILES string of the molecule is CC(=C(C)C(C)(C)C)C(C)(C)C.CC(C)(C)C#CC(C)(C)C.CC(C)C(C)(C)C(C)(C)C(C)(C)C.C[C-]=C(C)C(C)(C)C.C[CH-]C.[V+2]. The van der Waals surface area contributed by atoms with Crippen LogP contribution in [0.15, 0.2) is 16.7 Å². The Kier molecular flexibility index (Phi) is 28.1. The zero-order chi connectivity index (χ0) is 39.1. The maximum absolute atomic E-state index is 3.21. The van der Waals surface area contributed by atoms with Crippen LogP contribution in [-0.4, -0.2) is 0 Å². The van der Waals surface area contributed by atoms with Crippen molar-refractivity contribution in [3.8, 4) is 11.8 Å². The topological polar surface area (TPSA) is 0 Å². The Morgan fingerprint density at radius 2 is 0.745 bits per heavy atom. The van der Waals surface area contributed by atoms with E-state index in [1.807, 2.05) is 27.2 Å². The molecule has 0 rings (SSSR count). The normalized spacial score (nSPS) is 13.7. The van der Waals surface area contributed by atoms with Crippen LogP contribution in [0, 0.1) is 73.6 Å². The fourth-order valence-electron chi connectivity index (χ4n) is 3.56. The van der Waals surface area contributed by atoms with Gasteiger partial charge >= 0.3 is 18.6 Å². The van der Waals surface area contributed by atoms with Crippen molar-refractivity contribution in [2.75, 3.05) is 0 Å². The third-order valence-corrected chi connectivity index (χ3v) is 10.1. The van der Waals surface area contributed by atoms with E-state index in [-0.39, 0.29) is 29.4 Å². The third kappa shape index (κ3) is 29.1. The first-order valence-corrected chi connectivity index (χ1v) is 18.1. The molecule has 0 spiro atoms. The van der Waals surface area contributed by atoms with E-state index < -0.39 is 0 Å². The van der Waals surface area contributed by atoms with E-state index in [0.29, 0.717) is 32.5 Å². The van der Waals surface area contributed by atoms with Crippen LogP contribution < -0.4 is 0 Å². The Morgan fingerprint density at radius 1 is 0.511 bits per heavy atom. The minimum Gasteiger partial charge on any atom is -0.500 e. The number of hydrogen-bond acceptors (Lipinski definition) is 0. The van der Waals surface area contributed by atoms with Gasteiger partial charge in [-0.1, -0.05) is 155 Å². The van der Waals surface area contributed by atoms with E-state index in [1.165, 1.54) is 16.7 Å². The second kappa shape index (κ2) is 22.4. The summed E-state index contributed by atoms with van der Waals surface area (Å²) in [6, 6.07) is 0. The standard InChI is InChI=1S/C13H28.C12H24.C10H18.C8H15.C3H7.V/c1-10(2)12(6,7)13(8,9)11(3,4)5;1-9(11(3,4)5)10(2)12(6,7)8;1-9(2,3)7-8-10(4,5)6;1-6-7(2)8(3,4)5;1-3-2;/h10H,1-9H3;1-8H3;1-6H3;1-5H3;3H,1-2H3;/q;;;2*-1;+2. The Balaban J connectivity index is -0.000000116. The molecule has 0 aliphatic rings. The number of rotatable bonds is 2. The van der Waals surface area contributed by atoms with Gasteiger partial charge in [0, 0.05) is 10.8 Å². The van der Waals surface area contributed by atoms with E-state index in [4.69, 9.17) is 0 Å². The van der Waals surface area contributed by atoms with Gasteiger partial charge in [-0.2, -0.15) is 20.8 Å². The van der Waals surface area contributed by atoms with Crippen molar-refractivity contribution >= 4 is 0 Å². The fraction of sp³-hybridized carbons (Fsp3) is 0.848. The first kappa shape index (κ1) is 58.8. The molecule has 0 amide bonds. The van der Waals surface area contributed by atoms with Gasteiger partial charge in [-0.05, 0) is 93.8 Å². The maximum Gasteiger partial charge on any atom is 2.00 e. The average molecular weight is 696 g/mol. The molecule has 0 saturated heterocycles. The largest absolute Gasteiger partial charge is 2.00 e. The predicted molar refractivity (Wildman–Crippen MR) is 219 cm³/mol. The molecule has 0 bridgehead atoms. The minimum absolute atomic E-state index is 0. The molecule has 0 nitrogen and oxygen atoms in total. The van der Waals surface area contributed by atoms with E-state index in [2.05, 4.69) is 205 Å². The maximum atomic E-state index is 3.21. The second-order valence-corrected chi connectivity index (χ2v) is 21.0. The average Bonchev–Trinajstić information content (AvgIpc) is 2.79. The molecule has 0 aromatic carbocycles. The molecular formula is C46H92V. The quantitative estimate of drug-likeness (QED) is 0.153. The zero-order valence-electron chi connectivity index (χ0n) is 38.6. The molecule has 0 aromatic rings. The summed E-state index contributed by atoms with van der Waals surface area (Å²) < 4.78 is 0. The Labute approximate surface area is 315 Å². The Morgan fingerprint density at radius 3 is 0.809 bits per heavy atom. The minimum atomic E-state index is 0. The van der Waals surface area contributed by atoms with Crippen molar-refractivity contribution in [1.29, 1.82) is 0 Å². The van der Waals surface area contributed by atoms with Gasteiger partial charge in [0.25, 0.3) is 0 Å². The zero-order valence-corrected chi connectivity index (χ0v) is 40.0. The van der Waals surface area contributed by atoms with Crippen LogP contribution in [0.4, 0.5) is 0 Å². The van der Waals surface area contributed by atoms with Crippen LogP contribution in [-0.2, 0) is 18.6 Å². The van der Waals surface area contributed by atoms with E-state index in [0.717, 1.165) is 5.92 Å². The fourth-order valence-corrected chi connectivity index (χ4v) is 3.56. The molecule has 0 aromatic heterocycles. The first-order valence-electron chi connectivity index (χ1n) is 18.1. The molecule has 281 valence electrons. The van der Waals surface area contributed by atoms with Crippen LogP contribution in [0.2, 0.25) is 0 Å². The number of hydrogen-bond donors (Lipinski definition) is 0. The number of allylic oxidation sites excluding steroid dienone is 4. The molecule has 0 atom stereocenters. The van der Waals surface area contributed by atoms with Crippen LogP contribution in [0.3, 0.4) is 0 Å². The molecule has 0 heterocycles. The second-order valence-electron chi connectivity index (χ2n) is 21.0. The van der Waals surface area contributed by atoms with Crippen LogP contribution in [0.1, 0.15) is 208 Å². The summed E-state index contributed by atoms with van der Waals surface area (Å²) in [5, 5.41) is 0. The van der Waals surface area contributed by atoms with Gasteiger partial charge in [0.2, 0.25) is 0 Å². The van der Waals surface area contributed by atoms with Gasteiger partial charge in [0.15, 0.2) is 0 Å².